The second kappa shape index (κ2) is 5.22. The van der Waals surface area contributed by atoms with Gasteiger partial charge in [0, 0.05) is 0 Å². The number of ether oxygens (including phenoxy) is 1. The van der Waals surface area contributed by atoms with Gasteiger partial charge in [0.15, 0.2) is 5.60 Å². The van der Waals surface area contributed by atoms with Crippen LogP contribution >= 0.6 is 0 Å². The summed E-state index contributed by atoms with van der Waals surface area (Å²) in [6.07, 6.45) is 1.99. The van der Waals surface area contributed by atoms with Crippen LogP contribution < -0.4 is 0 Å². The molecule has 0 aromatic rings. The van der Waals surface area contributed by atoms with Crippen LogP contribution in [0.1, 0.15) is 40.5 Å². The summed E-state index contributed by atoms with van der Waals surface area (Å²) in [4.78, 5) is 11.1. The van der Waals surface area contributed by atoms with E-state index < -0.39 is 11.6 Å². The lowest BCUT2D eigenvalue weighted by Gasteiger charge is -2.18. The zero-order valence-electron chi connectivity index (χ0n) is 8.96. The molecule has 3 heteroatoms. The molecule has 0 unspecified atom stereocenters. The number of carbonyl (C=O) groups is 1. The Hall–Kier alpha value is -0.570. The number of aliphatic hydroxyl groups is 1. The fourth-order valence-electron chi connectivity index (χ4n) is 0.895. The molecule has 0 atom stereocenters. The van der Waals surface area contributed by atoms with E-state index in [2.05, 4.69) is 13.8 Å². The van der Waals surface area contributed by atoms with E-state index in [-0.39, 0.29) is 0 Å². The number of esters is 1. The highest BCUT2D eigenvalue weighted by molar-refractivity contribution is 5.78. The van der Waals surface area contributed by atoms with Crippen molar-refractivity contribution < 1.29 is 14.6 Å². The molecular formula is C10H20O3. The summed E-state index contributed by atoms with van der Waals surface area (Å²) in [5.41, 5.74) is -1.37. The Morgan fingerprint density at radius 3 is 2.15 bits per heavy atom. The molecule has 0 saturated carbocycles. The van der Waals surface area contributed by atoms with Gasteiger partial charge in [-0.1, -0.05) is 26.7 Å². The predicted molar refractivity (Wildman–Crippen MR) is 51.3 cm³/mol. The zero-order valence-corrected chi connectivity index (χ0v) is 8.96. The van der Waals surface area contributed by atoms with Crippen LogP contribution in [0.5, 0.6) is 0 Å². The van der Waals surface area contributed by atoms with E-state index in [1.165, 1.54) is 13.8 Å². The molecule has 78 valence electrons. The van der Waals surface area contributed by atoms with E-state index in [0.717, 1.165) is 12.8 Å². The van der Waals surface area contributed by atoms with Gasteiger partial charge in [-0.25, -0.2) is 4.79 Å². The van der Waals surface area contributed by atoms with Crippen LogP contribution in [0.25, 0.3) is 0 Å². The Bertz CT molecular complexity index is 154. The Labute approximate surface area is 80.1 Å². The lowest BCUT2D eigenvalue weighted by Crippen LogP contribution is -2.34. The first-order chi connectivity index (χ1) is 5.91. The van der Waals surface area contributed by atoms with Crippen LogP contribution in [0.3, 0.4) is 0 Å². The predicted octanol–water partition coefficient (Wildman–Crippen LogP) is 1.74. The summed E-state index contributed by atoms with van der Waals surface area (Å²) in [5, 5.41) is 9.27. The summed E-state index contributed by atoms with van der Waals surface area (Å²) in [5.74, 6) is -0.134. The minimum Gasteiger partial charge on any atom is -0.463 e. The number of carbonyl (C=O) groups excluding carboxylic acids is 1. The first-order valence-corrected chi connectivity index (χ1v) is 4.81. The molecule has 13 heavy (non-hydrogen) atoms. The summed E-state index contributed by atoms with van der Waals surface area (Å²) >= 11 is 0. The first-order valence-electron chi connectivity index (χ1n) is 4.81. The Morgan fingerprint density at radius 2 is 1.85 bits per heavy atom. The molecule has 0 radical (unpaired) electrons. The molecule has 0 amide bonds. The molecule has 0 aliphatic rings. The number of hydrogen-bond acceptors (Lipinski definition) is 3. The SMILES string of the molecule is CCC(CC)COC(=O)C(C)(C)O. The lowest BCUT2D eigenvalue weighted by molar-refractivity contribution is -0.163. The maximum Gasteiger partial charge on any atom is 0.337 e. The zero-order chi connectivity index (χ0) is 10.5. The van der Waals surface area contributed by atoms with Crippen molar-refractivity contribution in [3.8, 4) is 0 Å². The third-order valence-corrected chi connectivity index (χ3v) is 2.10. The lowest BCUT2D eigenvalue weighted by atomic mass is 10.1. The number of rotatable bonds is 5. The minimum atomic E-state index is -1.37. The van der Waals surface area contributed by atoms with Crippen LogP contribution in [-0.4, -0.2) is 23.3 Å². The molecular weight excluding hydrogens is 168 g/mol. The van der Waals surface area contributed by atoms with Gasteiger partial charge in [-0.15, -0.1) is 0 Å². The van der Waals surface area contributed by atoms with E-state index >= 15 is 0 Å². The maximum absolute atomic E-state index is 11.1. The van der Waals surface area contributed by atoms with Crippen LogP contribution in [0.15, 0.2) is 0 Å². The van der Waals surface area contributed by atoms with Gasteiger partial charge in [-0.05, 0) is 19.8 Å². The third kappa shape index (κ3) is 4.88. The molecule has 0 fully saturated rings. The van der Waals surface area contributed by atoms with Gasteiger partial charge in [-0.2, -0.15) is 0 Å². The molecule has 0 bridgehead atoms. The normalized spacial score (nSPS) is 11.8. The Balaban J connectivity index is 3.82. The number of hydrogen-bond donors (Lipinski definition) is 1. The molecule has 0 saturated heterocycles. The summed E-state index contributed by atoms with van der Waals surface area (Å²) < 4.78 is 4.96. The standard InChI is InChI=1S/C10H20O3/c1-5-8(6-2)7-13-9(11)10(3,4)12/h8,12H,5-7H2,1-4H3. The average Bonchev–Trinajstić information content (AvgIpc) is 2.04. The summed E-state index contributed by atoms with van der Waals surface area (Å²) in [6, 6.07) is 0. The average molecular weight is 188 g/mol. The second-order valence-corrected chi connectivity index (χ2v) is 3.84. The first kappa shape index (κ1) is 12.4. The summed E-state index contributed by atoms with van der Waals surface area (Å²) in [7, 11) is 0. The van der Waals surface area contributed by atoms with E-state index in [1.807, 2.05) is 0 Å². The van der Waals surface area contributed by atoms with Crippen molar-refractivity contribution in [2.24, 2.45) is 5.92 Å². The van der Waals surface area contributed by atoms with E-state index in [1.54, 1.807) is 0 Å². The van der Waals surface area contributed by atoms with Gasteiger partial charge in [0.1, 0.15) is 0 Å². The topological polar surface area (TPSA) is 46.5 Å². The van der Waals surface area contributed by atoms with Crippen molar-refractivity contribution in [3.63, 3.8) is 0 Å². The van der Waals surface area contributed by atoms with E-state index in [0.29, 0.717) is 12.5 Å². The van der Waals surface area contributed by atoms with Crippen molar-refractivity contribution in [2.45, 2.75) is 46.1 Å². The smallest absolute Gasteiger partial charge is 0.337 e. The summed E-state index contributed by atoms with van der Waals surface area (Å²) in [6.45, 7) is 7.40. The van der Waals surface area contributed by atoms with Crippen LogP contribution in [0.2, 0.25) is 0 Å². The van der Waals surface area contributed by atoms with Gasteiger partial charge in [0.2, 0.25) is 0 Å². The van der Waals surface area contributed by atoms with Gasteiger partial charge < -0.3 is 9.84 Å². The minimum absolute atomic E-state index is 0.409. The highest BCUT2D eigenvalue weighted by Crippen LogP contribution is 2.10. The fourth-order valence-corrected chi connectivity index (χ4v) is 0.895. The molecule has 1 N–H and O–H groups in total. The monoisotopic (exact) mass is 188 g/mol. The van der Waals surface area contributed by atoms with E-state index in [4.69, 9.17) is 4.74 Å². The van der Waals surface area contributed by atoms with E-state index in [9.17, 15) is 9.90 Å². The van der Waals surface area contributed by atoms with Crippen molar-refractivity contribution >= 4 is 5.97 Å². The third-order valence-electron chi connectivity index (χ3n) is 2.10. The van der Waals surface area contributed by atoms with Gasteiger partial charge >= 0.3 is 5.97 Å². The molecule has 0 aliphatic carbocycles. The molecule has 0 aromatic carbocycles. The van der Waals surface area contributed by atoms with Crippen LogP contribution in [0, 0.1) is 5.92 Å². The van der Waals surface area contributed by atoms with Crippen LogP contribution in [-0.2, 0) is 9.53 Å². The van der Waals surface area contributed by atoms with Crippen molar-refractivity contribution in [1.82, 2.24) is 0 Å². The molecule has 0 aliphatic heterocycles. The van der Waals surface area contributed by atoms with Gasteiger partial charge in [0.25, 0.3) is 0 Å². The largest absolute Gasteiger partial charge is 0.463 e. The van der Waals surface area contributed by atoms with Crippen molar-refractivity contribution in [2.75, 3.05) is 6.61 Å². The molecule has 0 heterocycles. The van der Waals surface area contributed by atoms with Crippen molar-refractivity contribution in [1.29, 1.82) is 0 Å². The van der Waals surface area contributed by atoms with Crippen molar-refractivity contribution in [3.05, 3.63) is 0 Å². The highest BCUT2D eigenvalue weighted by Gasteiger charge is 2.25. The quantitative estimate of drug-likeness (QED) is 0.668. The molecule has 0 spiro atoms. The Morgan fingerprint density at radius 1 is 1.38 bits per heavy atom. The fraction of sp³-hybridized carbons (Fsp3) is 0.900. The Kier molecular flexibility index (Phi) is 4.99. The molecule has 0 aromatic heterocycles. The van der Waals surface area contributed by atoms with Gasteiger partial charge in [-0.3, -0.25) is 0 Å². The van der Waals surface area contributed by atoms with Gasteiger partial charge in [0.05, 0.1) is 6.61 Å². The van der Waals surface area contributed by atoms with Crippen LogP contribution in [0.4, 0.5) is 0 Å². The highest BCUT2D eigenvalue weighted by atomic mass is 16.5. The molecule has 3 nitrogen and oxygen atoms in total. The second-order valence-electron chi connectivity index (χ2n) is 3.84. The maximum atomic E-state index is 11.1. The molecule has 0 rings (SSSR count).